The summed E-state index contributed by atoms with van der Waals surface area (Å²) in [6.45, 7) is 3.49. The van der Waals surface area contributed by atoms with Gasteiger partial charge in [-0.05, 0) is 12.0 Å². The molecule has 7 nitrogen and oxygen atoms in total. The Hall–Kier alpha value is -2.57. The standard InChI is InChI=1S/C17H24N4O3/c1-13(22)19-15(14-6-3-2-4-7-14)12-16(23)20-8-5-9-21(11-10-20)17(18)24/h2-4,6-7,15H,5,8-12H2,1H3,(H2,18,24)(H,19,22). The molecule has 1 fully saturated rings. The molecule has 1 saturated heterocycles. The topological polar surface area (TPSA) is 95.7 Å². The molecule has 1 aromatic rings. The van der Waals surface area contributed by atoms with Gasteiger partial charge >= 0.3 is 6.03 Å². The highest BCUT2D eigenvalue weighted by Gasteiger charge is 2.24. The highest BCUT2D eigenvalue weighted by Crippen LogP contribution is 2.18. The third-order valence-electron chi connectivity index (χ3n) is 4.12. The van der Waals surface area contributed by atoms with E-state index < -0.39 is 6.03 Å². The smallest absolute Gasteiger partial charge is 0.314 e. The monoisotopic (exact) mass is 332 g/mol. The van der Waals surface area contributed by atoms with Gasteiger partial charge in [-0.1, -0.05) is 30.3 Å². The number of hydrogen-bond donors (Lipinski definition) is 2. The van der Waals surface area contributed by atoms with Crippen LogP contribution in [0.1, 0.15) is 31.4 Å². The summed E-state index contributed by atoms with van der Waals surface area (Å²) in [4.78, 5) is 38.6. The predicted octanol–water partition coefficient (Wildman–Crippen LogP) is 0.867. The number of primary amides is 1. The molecule has 1 atom stereocenters. The molecule has 0 bridgehead atoms. The van der Waals surface area contributed by atoms with E-state index in [4.69, 9.17) is 5.73 Å². The van der Waals surface area contributed by atoms with E-state index in [1.54, 1.807) is 9.80 Å². The first-order chi connectivity index (χ1) is 11.5. The SMILES string of the molecule is CC(=O)NC(CC(=O)N1CCCN(C(N)=O)CC1)c1ccccc1. The van der Waals surface area contributed by atoms with E-state index in [-0.39, 0.29) is 24.3 Å². The number of nitrogens with one attached hydrogen (secondary N) is 1. The van der Waals surface area contributed by atoms with Crippen molar-refractivity contribution in [1.29, 1.82) is 0 Å². The number of carbonyl (C=O) groups is 3. The van der Waals surface area contributed by atoms with E-state index in [0.29, 0.717) is 32.6 Å². The van der Waals surface area contributed by atoms with Crippen molar-refractivity contribution in [2.75, 3.05) is 26.2 Å². The van der Waals surface area contributed by atoms with E-state index in [1.165, 1.54) is 6.92 Å². The van der Waals surface area contributed by atoms with Gasteiger partial charge in [0.05, 0.1) is 12.5 Å². The molecular weight excluding hydrogens is 308 g/mol. The normalized spacial score (nSPS) is 16.2. The van der Waals surface area contributed by atoms with Crippen molar-refractivity contribution in [3.8, 4) is 0 Å². The second-order valence-corrected chi connectivity index (χ2v) is 5.93. The number of rotatable bonds is 4. The average Bonchev–Trinajstić information content (AvgIpc) is 2.81. The molecule has 130 valence electrons. The lowest BCUT2D eigenvalue weighted by Crippen LogP contribution is -2.40. The average molecular weight is 332 g/mol. The molecule has 1 unspecified atom stereocenters. The van der Waals surface area contributed by atoms with E-state index in [0.717, 1.165) is 5.56 Å². The van der Waals surface area contributed by atoms with Crippen LogP contribution in [0.2, 0.25) is 0 Å². The van der Waals surface area contributed by atoms with Crippen LogP contribution in [0.3, 0.4) is 0 Å². The first-order valence-corrected chi connectivity index (χ1v) is 8.11. The molecule has 24 heavy (non-hydrogen) atoms. The van der Waals surface area contributed by atoms with Gasteiger partial charge in [0.1, 0.15) is 0 Å². The van der Waals surface area contributed by atoms with Gasteiger partial charge in [-0.25, -0.2) is 4.79 Å². The molecule has 0 saturated carbocycles. The molecule has 4 amide bonds. The Balaban J connectivity index is 2.02. The summed E-state index contributed by atoms with van der Waals surface area (Å²) in [5, 5.41) is 2.84. The zero-order chi connectivity index (χ0) is 17.5. The molecule has 0 spiro atoms. The Morgan fingerprint density at radius 3 is 2.33 bits per heavy atom. The maximum atomic E-state index is 12.6. The fraction of sp³-hybridized carbons (Fsp3) is 0.471. The van der Waals surface area contributed by atoms with E-state index in [9.17, 15) is 14.4 Å². The second kappa shape index (κ2) is 8.33. The highest BCUT2D eigenvalue weighted by atomic mass is 16.2. The first-order valence-electron chi connectivity index (χ1n) is 8.11. The number of nitrogens with two attached hydrogens (primary N) is 1. The number of hydrogen-bond acceptors (Lipinski definition) is 3. The molecule has 2 rings (SSSR count). The summed E-state index contributed by atoms with van der Waals surface area (Å²) in [5.41, 5.74) is 6.20. The molecule has 1 aliphatic rings. The molecule has 3 N–H and O–H groups in total. The summed E-state index contributed by atoms with van der Waals surface area (Å²) < 4.78 is 0. The Morgan fingerprint density at radius 2 is 1.71 bits per heavy atom. The van der Waals surface area contributed by atoms with Crippen molar-refractivity contribution >= 4 is 17.8 Å². The van der Waals surface area contributed by atoms with Gasteiger partial charge in [-0.15, -0.1) is 0 Å². The van der Waals surface area contributed by atoms with Crippen LogP contribution >= 0.6 is 0 Å². The Bertz CT molecular complexity index is 591. The zero-order valence-corrected chi connectivity index (χ0v) is 13.9. The summed E-state index contributed by atoms with van der Waals surface area (Å²) in [5.74, 6) is -0.212. The lowest BCUT2D eigenvalue weighted by Gasteiger charge is -2.24. The number of benzene rings is 1. The Morgan fingerprint density at radius 1 is 1.08 bits per heavy atom. The van der Waals surface area contributed by atoms with Crippen LogP contribution in [0.4, 0.5) is 4.79 Å². The van der Waals surface area contributed by atoms with Gasteiger partial charge < -0.3 is 20.9 Å². The number of urea groups is 1. The zero-order valence-electron chi connectivity index (χ0n) is 13.9. The lowest BCUT2D eigenvalue weighted by atomic mass is 10.0. The van der Waals surface area contributed by atoms with Gasteiger partial charge in [0.2, 0.25) is 11.8 Å². The number of carbonyl (C=O) groups excluding carboxylic acids is 3. The minimum atomic E-state index is -0.454. The van der Waals surface area contributed by atoms with Crippen LogP contribution in [-0.4, -0.2) is 53.8 Å². The van der Waals surface area contributed by atoms with E-state index >= 15 is 0 Å². The molecule has 0 aromatic heterocycles. The quantitative estimate of drug-likeness (QED) is 0.856. The fourth-order valence-corrected chi connectivity index (χ4v) is 2.87. The molecule has 7 heteroatoms. The lowest BCUT2D eigenvalue weighted by molar-refractivity contribution is -0.131. The first kappa shape index (κ1) is 17.8. The minimum absolute atomic E-state index is 0.0380. The van der Waals surface area contributed by atoms with Crippen LogP contribution < -0.4 is 11.1 Å². The van der Waals surface area contributed by atoms with Crippen LogP contribution in [0.15, 0.2) is 30.3 Å². The molecule has 0 radical (unpaired) electrons. The van der Waals surface area contributed by atoms with Crippen LogP contribution in [0.5, 0.6) is 0 Å². The van der Waals surface area contributed by atoms with Gasteiger partial charge in [-0.3, -0.25) is 9.59 Å². The maximum absolute atomic E-state index is 12.6. The summed E-state index contributed by atoms with van der Waals surface area (Å²) in [6.07, 6.45) is 0.894. The number of amides is 4. The minimum Gasteiger partial charge on any atom is -0.351 e. The van der Waals surface area contributed by atoms with Crippen molar-refractivity contribution in [3.05, 3.63) is 35.9 Å². The van der Waals surface area contributed by atoms with E-state index in [2.05, 4.69) is 5.32 Å². The Kier molecular flexibility index (Phi) is 6.17. The van der Waals surface area contributed by atoms with Gasteiger partial charge in [-0.2, -0.15) is 0 Å². The highest BCUT2D eigenvalue weighted by molar-refractivity contribution is 5.79. The summed E-state index contributed by atoms with van der Waals surface area (Å²) in [6, 6.07) is 8.63. The summed E-state index contributed by atoms with van der Waals surface area (Å²) >= 11 is 0. The largest absolute Gasteiger partial charge is 0.351 e. The van der Waals surface area contributed by atoms with Gasteiger partial charge in [0.25, 0.3) is 0 Å². The van der Waals surface area contributed by atoms with Gasteiger partial charge in [0, 0.05) is 33.1 Å². The van der Waals surface area contributed by atoms with Crippen molar-refractivity contribution < 1.29 is 14.4 Å². The van der Waals surface area contributed by atoms with Crippen LogP contribution in [0, 0.1) is 0 Å². The van der Waals surface area contributed by atoms with Crippen molar-refractivity contribution in [2.45, 2.75) is 25.8 Å². The molecule has 1 aromatic carbocycles. The van der Waals surface area contributed by atoms with Crippen LogP contribution in [-0.2, 0) is 9.59 Å². The van der Waals surface area contributed by atoms with Gasteiger partial charge in [0.15, 0.2) is 0 Å². The molecule has 1 heterocycles. The Labute approximate surface area is 141 Å². The van der Waals surface area contributed by atoms with E-state index in [1.807, 2.05) is 30.3 Å². The molecule has 0 aliphatic carbocycles. The molecular formula is C17H24N4O3. The van der Waals surface area contributed by atoms with Crippen LogP contribution in [0.25, 0.3) is 0 Å². The van der Waals surface area contributed by atoms with Crippen molar-refractivity contribution in [1.82, 2.24) is 15.1 Å². The molecule has 1 aliphatic heterocycles. The number of nitrogens with zero attached hydrogens (tertiary/aromatic N) is 2. The maximum Gasteiger partial charge on any atom is 0.314 e. The van der Waals surface area contributed by atoms with Crippen molar-refractivity contribution in [2.24, 2.45) is 5.73 Å². The third-order valence-corrected chi connectivity index (χ3v) is 4.12. The van der Waals surface area contributed by atoms with Crippen molar-refractivity contribution in [3.63, 3.8) is 0 Å². The third kappa shape index (κ3) is 4.97. The summed E-state index contributed by atoms with van der Waals surface area (Å²) in [7, 11) is 0. The fourth-order valence-electron chi connectivity index (χ4n) is 2.87. The predicted molar refractivity (Wildman–Crippen MR) is 90.0 cm³/mol. The second-order valence-electron chi connectivity index (χ2n) is 5.93.